The third-order valence-electron chi connectivity index (χ3n) is 3.50. The number of rotatable bonds is 3. The Balaban J connectivity index is 2.16. The molecule has 1 atom stereocenters. The largest absolute Gasteiger partial charge is 0.368 e. The van der Waals surface area contributed by atoms with Crippen LogP contribution >= 0.6 is 11.6 Å². The van der Waals surface area contributed by atoms with Crippen molar-refractivity contribution in [1.29, 1.82) is 0 Å². The van der Waals surface area contributed by atoms with Gasteiger partial charge in [0.1, 0.15) is 0 Å². The fourth-order valence-electron chi connectivity index (χ4n) is 2.41. The van der Waals surface area contributed by atoms with E-state index in [4.69, 9.17) is 11.6 Å². The Morgan fingerprint density at radius 1 is 1.53 bits per heavy atom. The molecule has 4 heteroatoms. The van der Waals surface area contributed by atoms with Crippen molar-refractivity contribution in [3.63, 3.8) is 0 Å². The van der Waals surface area contributed by atoms with Gasteiger partial charge in [0.25, 0.3) is 0 Å². The lowest BCUT2D eigenvalue weighted by molar-refractivity contribution is 0.258. The molecule has 2 rings (SSSR count). The van der Waals surface area contributed by atoms with Gasteiger partial charge in [0, 0.05) is 31.2 Å². The fourth-order valence-corrected chi connectivity index (χ4v) is 2.63. The molecule has 0 bridgehead atoms. The van der Waals surface area contributed by atoms with Crippen molar-refractivity contribution in [3.8, 4) is 0 Å². The van der Waals surface area contributed by atoms with Gasteiger partial charge in [-0.15, -0.1) is 11.6 Å². The molecule has 3 nitrogen and oxygen atoms in total. The van der Waals surface area contributed by atoms with E-state index < -0.39 is 0 Å². The van der Waals surface area contributed by atoms with Gasteiger partial charge in [-0.1, -0.05) is 0 Å². The van der Waals surface area contributed by atoms with E-state index in [1.165, 1.54) is 24.1 Å². The lowest BCUT2D eigenvalue weighted by Gasteiger charge is -2.38. The van der Waals surface area contributed by atoms with E-state index in [2.05, 4.69) is 28.9 Å². The van der Waals surface area contributed by atoms with Crippen molar-refractivity contribution < 1.29 is 0 Å². The number of aromatic nitrogens is 1. The highest BCUT2D eigenvalue weighted by Gasteiger charge is 2.22. The fraction of sp³-hybridized carbons (Fsp3) is 0.615. The molecule has 0 N–H and O–H groups in total. The highest BCUT2D eigenvalue weighted by atomic mass is 35.5. The topological polar surface area (TPSA) is 19.4 Å². The molecule has 1 aliphatic rings. The Hall–Kier alpha value is -0.800. The highest BCUT2D eigenvalue weighted by Crippen LogP contribution is 2.25. The van der Waals surface area contributed by atoms with Crippen molar-refractivity contribution in [2.75, 3.05) is 32.1 Å². The summed E-state index contributed by atoms with van der Waals surface area (Å²) < 4.78 is 0. The summed E-state index contributed by atoms with van der Waals surface area (Å²) in [4.78, 5) is 8.95. The van der Waals surface area contributed by atoms with Crippen LogP contribution in [0.5, 0.6) is 0 Å². The Morgan fingerprint density at radius 2 is 2.35 bits per heavy atom. The molecule has 0 saturated carbocycles. The molecular formula is C13H20ClN3. The van der Waals surface area contributed by atoms with Crippen LogP contribution in [0.15, 0.2) is 18.5 Å². The van der Waals surface area contributed by atoms with Gasteiger partial charge in [-0.2, -0.15) is 0 Å². The molecule has 0 aromatic carbocycles. The van der Waals surface area contributed by atoms with Crippen LogP contribution in [-0.4, -0.2) is 43.1 Å². The molecule has 1 unspecified atom stereocenters. The summed E-state index contributed by atoms with van der Waals surface area (Å²) in [7, 11) is 4.31. The number of hydrogen-bond donors (Lipinski definition) is 0. The molecule has 0 spiro atoms. The van der Waals surface area contributed by atoms with Crippen molar-refractivity contribution in [2.45, 2.75) is 24.8 Å². The predicted octanol–water partition coefficient (Wildman–Crippen LogP) is 2.35. The normalized spacial score (nSPS) is 20.9. The average Bonchev–Trinajstić information content (AvgIpc) is 2.39. The third-order valence-corrected chi connectivity index (χ3v) is 3.79. The van der Waals surface area contributed by atoms with Gasteiger partial charge >= 0.3 is 0 Å². The van der Waals surface area contributed by atoms with Gasteiger partial charge in [-0.05, 0) is 38.6 Å². The first-order chi connectivity index (χ1) is 8.22. The Labute approximate surface area is 108 Å². The van der Waals surface area contributed by atoms with Crippen LogP contribution in [0, 0.1) is 0 Å². The van der Waals surface area contributed by atoms with Crippen molar-refractivity contribution in [2.24, 2.45) is 0 Å². The van der Waals surface area contributed by atoms with E-state index >= 15 is 0 Å². The summed E-state index contributed by atoms with van der Waals surface area (Å²) in [6, 6.07) is 2.65. The predicted molar refractivity (Wildman–Crippen MR) is 72.7 cm³/mol. The van der Waals surface area contributed by atoms with Gasteiger partial charge in [0.2, 0.25) is 0 Å². The second-order valence-electron chi connectivity index (χ2n) is 4.84. The number of halogens is 1. The molecule has 0 radical (unpaired) electrons. The zero-order valence-corrected chi connectivity index (χ0v) is 11.3. The van der Waals surface area contributed by atoms with Crippen molar-refractivity contribution in [3.05, 3.63) is 24.0 Å². The lowest BCUT2D eigenvalue weighted by Crippen LogP contribution is -2.45. The summed E-state index contributed by atoms with van der Waals surface area (Å²) in [5, 5.41) is 0. The van der Waals surface area contributed by atoms with Gasteiger partial charge in [-0.3, -0.25) is 4.98 Å². The van der Waals surface area contributed by atoms with E-state index in [1.54, 1.807) is 0 Å². The Bertz CT molecular complexity index is 367. The van der Waals surface area contributed by atoms with Gasteiger partial charge < -0.3 is 9.80 Å². The van der Waals surface area contributed by atoms with Crippen molar-refractivity contribution >= 4 is 17.3 Å². The second-order valence-corrected chi connectivity index (χ2v) is 5.11. The standard InChI is InChI=1S/C13H20ClN3/c1-16(2)12-4-3-7-17(10-12)13-9-15-6-5-11(13)8-14/h5-6,9,12H,3-4,7-8,10H2,1-2H3. The van der Waals surface area contributed by atoms with E-state index in [0.29, 0.717) is 11.9 Å². The summed E-state index contributed by atoms with van der Waals surface area (Å²) in [5.74, 6) is 0.557. The summed E-state index contributed by atoms with van der Waals surface area (Å²) in [5.41, 5.74) is 2.38. The molecule has 1 fully saturated rings. The molecule has 0 aliphatic carbocycles. The number of alkyl halides is 1. The zero-order valence-electron chi connectivity index (χ0n) is 10.6. The average molecular weight is 254 g/mol. The first kappa shape index (κ1) is 12.7. The summed E-state index contributed by atoms with van der Waals surface area (Å²) >= 11 is 5.99. The van der Waals surface area contributed by atoms with E-state index in [-0.39, 0.29) is 0 Å². The molecule has 94 valence electrons. The van der Waals surface area contributed by atoms with E-state index in [1.807, 2.05) is 18.5 Å². The number of pyridine rings is 1. The zero-order chi connectivity index (χ0) is 12.3. The minimum atomic E-state index is 0.557. The first-order valence-electron chi connectivity index (χ1n) is 6.12. The molecular weight excluding hydrogens is 234 g/mol. The third kappa shape index (κ3) is 2.90. The van der Waals surface area contributed by atoms with Gasteiger partial charge in [0.15, 0.2) is 0 Å². The van der Waals surface area contributed by atoms with E-state index in [0.717, 1.165) is 13.1 Å². The maximum Gasteiger partial charge on any atom is 0.0598 e. The molecule has 0 amide bonds. The Morgan fingerprint density at radius 3 is 3.06 bits per heavy atom. The highest BCUT2D eigenvalue weighted by molar-refractivity contribution is 6.17. The number of nitrogens with zero attached hydrogens (tertiary/aromatic N) is 3. The molecule has 1 aromatic heterocycles. The monoisotopic (exact) mass is 253 g/mol. The van der Waals surface area contributed by atoms with E-state index in [9.17, 15) is 0 Å². The number of piperidine rings is 1. The van der Waals surface area contributed by atoms with Crippen LogP contribution in [0.4, 0.5) is 5.69 Å². The molecule has 17 heavy (non-hydrogen) atoms. The summed E-state index contributed by atoms with van der Waals surface area (Å²) in [6.07, 6.45) is 6.27. The molecule has 1 aromatic rings. The Kier molecular flexibility index (Phi) is 4.24. The summed E-state index contributed by atoms with van der Waals surface area (Å²) in [6.45, 7) is 2.18. The van der Waals surface area contributed by atoms with Crippen LogP contribution < -0.4 is 4.90 Å². The van der Waals surface area contributed by atoms with Gasteiger partial charge in [0.05, 0.1) is 11.9 Å². The lowest BCUT2D eigenvalue weighted by atomic mass is 10.0. The number of anilines is 1. The van der Waals surface area contributed by atoms with Crippen LogP contribution in [-0.2, 0) is 5.88 Å². The van der Waals surface area contributed by atoms with Crippen LogP contribution in [0.25, 0.3) is 0 Å². The quantitative estimate of drug-likeness (QED) is 0.771. The van der Waals surface area contributed by atoms with Crippen molar-refractivity contribution in [1.82, 2.24) is 9.88 Å². The molecule has 1 saturated heterocycles. The minimum Gasteiger partial charge on any atom is -0.368 e. The second kappa shape index (κ2) is 5.69. The minimum absolute atomic E-state index is 0.557. The maximum absolute atomic E-state index is 5.99. The van der Waals surface area contributed by atoms with Crippen LogP contribution in [0.2, 0.25) is 0 Å². The van der Waals surface area contributed by atoms with Crippen LogP contribution in [0.1, 0.15) is 18.4 Å². The smallest absolute Gasteiger partial charge is 0.0598 e. The number of likely N-dealkylation sites (N-methyl/N-ethyl adjacent to an activating group) is 1. The molecule has 1 aliphatic heterocycles. The number of hydrogen-bond acceptors (Lipinski definition) is 3. The van der Waals surface area contributed by atoms with Gasteiger partial charge in [-0.25, -0.2) is 0 Å². The molecule has 2 heterocycles. The maximum atomic E-state index is 5.99. The van der Waals surface area contributed by atoms with Crippen LogP contribution in [0.3, 0.4) is 0 Å². The SMILES string of the molecule is CN(C)C1CCCN(c2cnccc2CCl)C1. The first-order valence-corrected chi connectivity index (χ1v) is 6.66.